The van der Waals surface area contributed by atoms with Crippen molar-refractivity contribution >= 4 is 21.4 Å². The third-order valence-electron chi connectivity index (χ3n) is 3.63. The Hall–Kier alpha value is -0.390. The second-order valence-electron chi connectivity index (χ2n) is 5.25. The van der Waals surface area contributed by atoms with Crippen molar-refractivity contribution in [2.24, 2.45) is 5.92 Å². The van der Waals surface area contributed by atoms with E-state index < -0.39 is 10.0 Å². The largest absolute Gasteiger partial charge is 0.214 e. The molecule has 0 amide bonds. The highest BCUT2D eigenvalue weighted by molar-refractivity contribution is 7.90. The summed E-state index contributed by atoms with van der Waals surface area (Å²) in [5.74, 6) is 0.456. The van der Waals surface area contributed by atoms with Crippen molar-refractivity contribution in [1.29, 1.82) is 0 Å². The molecule has 0 aliphatic heterocycles. The van der Waals surface area contributed by atoms with Gasteiger partial charge in [0.2, 0.25) is 10.0 Å². The summed E-state index contributed by atoms with van der Waals surface area (Å²) in [7, 11) is -3.20. The molecule has 1 heterocycles. The minimum absolute atomic E-state index is 0.0279. The molecule has 0 spiro atoms. The highest BCUT2D eigenvalue weighted by atomic mass is 32.2. The number of rotatable bonds is 5. The van der Waals surface area contributed by atoms with E-state index in [9.17, 15) is 8.42 Å². The second-order valence-corrected chi connectivity index (χ2v) is 8.50. The molecule has 0 saturated heterocycles. The van der Waals surface area contributed by atoms with E-state index in [2.05, 4.69) is 4.72 Å². The minimum atomic E-state index is -3.20. The zero-order valence-electron chi connectivity index (χ0n) is 10.9. The molecule has 0 bridgehead atoms. The standard InChI is InChI=1S/C13H21NO2S2/c1-10(2)18(15,16)14-13(11-6-3-4-7-11)12-8-5-9-17-12/h5,8-11,13-14H,3-4,6-7H2,1-2H3. The molecular weight excluding hydrogens is 266 g/mol. The first-order valence-electron chi connectivity index (χ1n) is 6.55. The van der Waals surface area contributed by atoms with E-state index in [4.69, 9.17) is 0 Å². The maximum absolute atomic E-state index is 12.1. The predicted molar refractivity (Wildman–Crippen MR) is 76.2 cm³/mol. The highest BCUT2D eigenvalue weighted by Gasteiger charge is 2.31. The number of hydrogen-bond donors (Lipinski definition) is 1. The van der Waals surface area contributed by atoms with Crippen LogP contribution in [0.15, 0.2) is 17.5 Å². The lowest BCUT2D eigenvalue weighted by Gasteiger charge is -2.24. The summed E-state index contributed by atoms with van der Waals surface area (Å²) in [5.41, 5.74) is 0. The molecule has 1 saturated carbocycles. The van der Waals surface area contributed by atoms with Gasteiger partial charge < -0.3 is 0 Å². The molecule has 1 N–H and O–H groups in total. The van der Waals surface area contributed by atoms with Crippen LogP contribution in [0.5, 0.6) is 0 Å². The molecule has 1 aliphatic carbocycles. The zero-order chi connectivity index (χ0) is 13.2. The molecule has 2 rings (SSSR count). The van der Waals surface area contributed by atoms with Crippen LogP contribution in [0.4, 0.5) is 0 Å². The fraction of sp³-hybridized carbons (Fsp3) is 0.692. The topological polar surface area (TPSA) is 46.2 Å². The summed E-state index contributed by atoms with van der Waals surface area (Å²) >= 11 is 1.64. The lowest BCUT2D eigenvalue weighted by Crippen LogP contribution is -2.36. The summed E-state index contributed by atoms with van der Waals surface area (Å²) in [4.78, 5) is 1.14. The van der Waals surface area contributed by atoms with Gasteiger partial charge in [0.25, 0.3) is 0 Å². The van der Waals surface area contributed by atoms with Crippen LogP contribution in [-0.4, -0.2) is 13.7 Å². The number of sulfonamides is 1. The highest BCUT2D eigenvalue weighted by Crippen LogP contribution is 2.37. The molecular formula is C13H21NO2S2. The maximum Gasteiger partial charge on any atom is 0.214 e. The average Bonchev–Trinajstić information content (AvgIpc) is 2.99. The van der Waals surface area contributed by atoms with Gasteiger partial charge in [0.05, 0.1) is 11.3 Å². The molecule has 1 aromatic rings. The zero-order valence-corrected chi connectivity index (χ0v) is 12.6. The monoisotopic (exact) mass is 287 g/mol. The van der Waals surface area contributed by atoms with Crippen molar-refractivity contribution in [3.05, 3.63) is 22.4 Å². The van der Waals surface area contributed by atoms with E-state index in [1.807, 2.05) is 17.5 Å². The smallest absolute Gasteiger partial charge is 0.212 e. The van der Waals surface area contributed by atoms with Gasteiger partial charge in [0, 0.05) is 4.88 Å². The second kappa shape index (κ2) is 5.72. The van der Waals surface area contributed by atoms with Gasteiger partial charge in [-0.3, -0.25) is 0 Å². The van der Waals surface area contributed by atoms with Crippen LogP contribution in [0.3, 0.4) is 0 Å². The Morgan fingerprint density at radius 3 is 2.50 bits per heavy atom. The molecule has 1 aliphatic rings. The summed E-state index contributed by atoms with van der Waals surface area (Å²) in [6.45, 7) is 3.45. The molecule has 0 radical (unpaired) electrons. The molecule has 1 unspecified atom stereocenters. The van der Waals surface area contributed by atoms with Crippen molar-refractivity contribution in [2.45, 2.75) is 50.8 Å². The van der Waals surface area contributed by atoms with Gasteiger partial charge in [0.15, 0.2) is 0 Å². The molecule has 0 aromatic carbocycles. The average molecular weight is 287 g/mol. The van der Waals surface area contributed by atoms with Crippen LogP contribution in [0.25, 0.3) is 0 Å². The van der Waals surface area contributed by atoms with Crippen LogP contribution in [0, 0.1) is 5.92 Å². The van der Waals surface area contributed by atoms with E-state index >= 15 is 0 Å². The fourth-order valence-electron chi connectivity index (χ4n) is 2.46. The molecule has 1 fully saturated rings. The predicted octanol–water partition coefficient (Wildman–Crippen LogP) is 3.31. The number of hydrogen-bond acceptors (Lipinski definition) is 3. The van der Waals surface area contributed by atoms with Crippen LogP contribution in [-0.2, 0) is 10.0 Å². The fourth-order valence-corrected chi connectivity index (χ4v) is 4.35. The maximum atomic E-state index is 12.1. The number of thiophene rings is 1. The van der Waals surface area contributed by atoms with E-state index in [1.54, 1.807) is 25.2 Å². The van der Waals surface area contributed by atoms with Gasteiger partial charge in [-0.1, -0.05) is 18.9 Å². The van der Waals surface area contributed by atoms with Crippen LogP contribution < -0.4 is 4.72 Å². The molecule has 3 nitrogen and oxygen atoms in total. The van der Waals surface area contributed by atoms with Crippen LogP contribution >= 0.6 is 11.3 Å². The Balaban J connectivity index is 2.20. The molecule has 1 aromatic heterocycles. The van der Waals surface area contributed by atoms with E-state index in [0.29, 0.717) is 5.92 Å². The van der Waals surface area contributed by atoms with Crippen molar-refractivity contribution in [1.82, 2.24) is 4.72 Å². The molecule has 102 valence electrons. The SMILES string of the molecule is CC(C)S(=O)(=O)NC(c1cccs1)C1CCCC1. The summed E-state index contributed by atoms with van der Waals surface area (Å²) in [6, 6.07) is 4.00. The number of nitrogens with one attached hydrogen (secondary N) is 1. The first kappa shape index (κ1) is 14.0. The van der Waals surface area contributed by atoms with E-state index in [1.165, 1.54) is 12.8 Å². The van der Waals surface area contributed by atoms with E-state index in [0.717, 1.165) is 17.7 Å². The normalized spacial score (nSPS) is 19.5. The molecule has 5 heteroatoms. The van der Waals surface area contributed by atoms with Crippen molar-refractivity contribution in [3.63, 3.8) is 0 Å². The van der Waals surface area contributed by atoms with Gasteiger partial charge in [-0.25, -0.2) is 13.1 Å². The summed E-state index contributed by atoms with van der Waals surface area (Å²) in [6.07, 6.45) is 4.69. The van der Waals surface area contributed by atoms with Gasteiger partial charge in [-0.2, -0.15) is 0 Å². The van der Waals surface area contributed by atoms with Gasteiger partial charge in [-0.05, 0) is 44.1 Å². The van der Waals surface area contributed by atoms with Gasteiger partial charge in [0.1, 0.15) is 0 Å². The Morgan fingerprint density at radius 1 is 1.33 bits per heavy atom. The lowest BCUT2D eigenvalue weighted by atomic mass is 9.98. The first-order valence-corrected chi connectivity index (χ1v) is 8.98. The quantitative estimate of drug-likeness (QED) is 0.903. The van der Waals surface area contributed by atoms with Crippen molar-refractivity contribution in [2.75, 3.05) is 0 Å². The van der Waals surface area contributed by atoms with Crippen molar-refractivity contribution < 1.29 is 8.42 Å². The third-order valence-corrected chi connectivity index (χ3v) is 6.41. The summed E-state index contributed by atoms with van der Waals surface area (Å²) < 4.78 is 27.1. The molecule has 1 atom stereocenters. The first-order chi connectivity index (χ1) is 8.50. The van der Waals surface area contributed by atoms with Gasteiger partial charge >= 0.3 is 0 Å². The van der Waals surface area contributed by atoms with Crippen LogP contribution in [0.1, 0.15) is 50.4 Å². The van der Waals surface area contributed by atoms with Crippen LogP contribution in [0.2, 0.25) is 0 Å². The van der Waals surface area contributed by atoms with Gasteiger partial charge in [-0.15, -0.1) is 11.3 Å². The Morgan fingerprint density at radius 2 is 2.00 bits per heavy atom. The lowest BCUT2D eigenvalue weighted by molar-refractivity contribution is 0.414. The van der Waals surface area contributed by atoms with Crippen molar-refractivity contribution in [3.8, 4) is 0 Å². The minimum Gasteiger partial charge on any atom is -0.212 e. The Bertz CT molecular complexity index is 459. The molecule has 18 heavy (non-hydrogen) atoms. The summed E-state index contributed by atoms with van der Waals surface area (Å²) in [5, 5.41) is 1.64. The Kier molecular flexibility index (Phi) is 4.45. The third kappa shape index (κ3) is 3.13. The Labute approximate surface area is 114 Å². The van der Waals surface area contributed by atoms with E-state index in [-0.39, 0.29) is 11.3 Å².